The predicted octanol–water partition coefficient (Wildman–Crippen LogP) is 6.25. The zero-order chi connectivity index (χ0) is 19.6. The molecule has 1 fully saturated rings. The van der Waals surface area contributed by atoms with E-state index in [4.69, 9.17) is 11.6 Å². The number of nitrogens with one attached hydrogen (secondary N) is 1. The second kappa shape index (κ2) is 8.30. The van der Waals surface area contributed by atoms with Gasteiger partial charge < -0.3 is 0 Å². The molecule has 1 N–H and O–H groups in total. The summed E-state index contributed by atoms with van der Waals surface area (Å²) in [5, 5.41) is 1.83. The largest absolute Gasteiger partial charge is 0.316 e. The van der Waals surface area contributed by atoms with E-state index in [2.05, 4.69) is 21.7 Å². The molecule has 5 heteroatoms. The summed E-state index contributed by atoms with van der Waals surface area (Å²) in [6.07, 6.45) is 9.96. The summed E-state index contributed by atoms with van der Waals surface area (Å²) < 4.78 is 15.5. The number of aromatic amines is 1. The van der Waals surface area contributed by atoms with Gasteiger partial charge in [0.15, 0.2) is 0 Å². The van der Waals surface area contributed by atoms with Crippen LogP contribution < -0.4 is 4.57 Å². The average molecular weight is 416 g/mol. The van der Waals surface area contributed by atoms with Gasteiger partial charge in [-0.25, -0.2) is 13.9 Å². The Morgan fingerprint density at radius 1 is 1.07 bits per heavy atom. The molecule has 2 aromatic carbocycles. The molecule has 1 aliphatic carbocycles. The van der Waals surface area contributed by atoms with E-state index in [1.165, 1.54) is 19.3 Å². The van der Waals surface area contributed by atoms with Crippen LogP contribution in [0.3, 0.4) is 0 Å². The van der Waals surface area contributed by atoms with Gasteiger partial charge >= 0.3 is 5.16 Å². The quantitative estimate of drug-likeness (QED) is 0.385. The normalized spacial score (nSPS) is 17.4. The number of imidazole rings is 1. The van der Waals surface area contributed by atoms with Gasteiger partial charge in [-0.1, -0.05) is 61.2 Å². The summed E-state index contributed by atoms with van der Waals surface area (Å²) in [4.78, 5) is 3.38. The summed E-state index contributed by atoms with van der Waals surface area (Å²) in [7, 11) is 2.04. The molecule has 0 saturated heterocycles. The predicted molar refractivity (Wildman–Crippen MR) is 113 cm³/mol. The number of thioether (sulfide) groups is 1. The van der Waals surface area contributed by atoms with Crippen molar-refractivity contribution < 1.29 is 8.96 Å². The van der Waals surface area contributed by atoms with Gasteiger partial charge in [-0.05, 0) is 59.8 Å². The molecule has 28 heavy (non-hydrogen) atoms. The molecule has 1 heterocycles. The Balaban J connectivity index is 1.96. The molecule has 1 saturated carbocycles. The maximum Gasteiger partial charge on any atom is 0.316 e. The monoisotopic (exact) mass is 415 g/mol. The van der Waals surface area contributed by atoms with Gasteiger partial charge in [0.2, 0.25) is 0 Å². The molecule has 146 valence electrons. The molecular weight excluding hydrogens is 391 g/mol. The van der Waals surface area contributed by atoms with Crippen molar-refractivity contribution in [3.05, 3.63) is 82.9 Å². The lowest BCUT2D eigenvalue weighted by molar-refractivity contribution is -0.708. The van der Waals surface area contributed by atoms with Crippen LogP contribution in [0.5, 0.6) is 0 Å². The van der Waals surface area contributed by atoms with Crippen LogP contribution in [0.25, 0.3) is 0 Å². The minimum Gasteiger partial charge on any atom is -0.238 e. The molecule has 1 atom stereocenters. The van der Waals surface area contributed by atoms with Gasteiger partial charge in [-0.15, -0.1) is 0 Å². The lowest BCUT2D eigenvalue weighted by Crippen LogP contribution is -2.38. The number of H-pyrrole nitrogens is 1. The Labute approximate surface area is 175 Å². The van der Waals surface area contributed by atoms with E-state index in [1.54, 1.807) is 23.9 Å². The fourth-order valence-corrected chi connectivity index (χ4v) is 6.34. The number of rotatable bonds is 5. The van der Waals surface area contributed by atoms with E-state index >= 15 is 0 Å². The van der Waals surface area contributed by atoms with Crippen molar-refractivity contribution >= 4 is 23.4 Å². The Kier molecular flexibility index (Phi) is 5.79. The van der Waals surface area contributed by atoms with Gasteiger partial charge in [0.1, 0.15) is 18.2 Å². The van der Waals surface area contributed by atoms with Gasteiger partial charge in [-0.3, -0.25) is 0 Å². The molecule has 2 nitrogen and oxygen atoms in total. The highest BCUT2D eigenvalue weighted by atomic mass is 35.5. The lowest BCUT2D eigenvalue weighted by Gasteiger charge is -2.42. The van der Waals surface area contributed by atoms with Crippen molar-refractivity contribution in [3.8, 4) is 0 Å². The molecule has 0 bridgehead atoms. The molecule has 1 aliphatic rings. The standard InChI is InChI=1S/C23H24ClFN2S/c1-27-16-15-26-22(27)28-23(17-7-3-2-4-8-17,18-11-13-19(25)14-12-18)20-9-5-6-10-21(20)24/h5-6,9-17H,2-4,7-8H2,1H3/p+1. The number of aromatic nitrogens is 2. The van der Waals surface area contributed by atoms with Crippen LogP contribution in [0, 0.1) is 11.7 Å². The van der Waals surface area contributed by atoms with Gasteiger partial charge in [0.05, 0.1) is 11.8 Å². The third-order valence-corrected chi connectivity index (χ3v) is 7.85. The van der Waals surface area contributed by atoms with Crippen molar-refractivity contribution in [1.29, 1.82) is 0 Å². The first kappa shape index (κ1) is 19.5. The van der Waals surface area contributed by atoms with Crippen molar-refractivity contribution in [2.24, 2.45) is 13.0 Å². The summed E-state index contributed by atoms with van der Waals surface area (Å²) in [5.41, 5.74) is 2.21. The van der Waals surface area contributed by atoms with E-state index in [0.717, 1.165) is 34.1 Å². The lowest BCUT2D eigenvalue weighted by atomic mass is 9.72. The number of benzene rings is 2. The Morgan fingerprint density at radius 2 is 1.79 bits per heavy atom. The molecule has 3 aromatic rings. The Morgan fingerprint density at radius 3 is 2.43 bits per heavy atom. The Hall–Kier alpha value is -1.78. The highest BCUT2D eigenvalue weighted by Crippen LogP contribution is 2.56. The Bertz CT molecular complexity index is 934. The number of hydrogen-bond donors (Lipinski definition) is 1. The van der Waals surface area contributed by atoms with Crippen LogP contribution in [0.15, 0.2) is 66.1 Å². The van der Waals surface area contributed by atoms with E-state index in [0.29, 0.717) is 5.92 Å². The average Bonchev–Trinajstić information content (AvgIpc) is 3.12. The van der Waals surface area contributed by atoms with Crippen LogP contribution in [-0.2, 0) is 11.8 Å². The maximum absolute atomic E-state index is 13.8. The van der Waals surface area contributed by atoms with E-state index in [1.807, 2.05) is 43.7 Å². The summed E-state index contributed by atoms with van der Waals surface area (Å²) in [6, 6.07) is 15.1. The molecule has 1 unspecified atom stereocenters. The summed E-state index contributed by atoms with van der Waals surface area (Å²) in [6.45, 7) is 0. The van der Waals surface area contributed by atoms with E-state index in [9.17, 15) is 4.39 Å². The van der Waals surface area contributed by atoms with Crippen LogP contribution in [-0.4, -0.2) is 4.98 Å². The first-order chi connectivity index (χ1) is 13.6. The smallest absolute Gasteiger partial charge is 0.238 e. The van der Waals surface area contributed by atoms with Crippen molar-refractivity contribution in [2.75, 3.05) is 0 Å². The number of hydrogen-bond acceptors (Lipinski definition) is 1. The second-order valence-corrected chi connectivity index (χ2v) is 9.18. The van der Waals surface area contributed by atoms with Gasteiger partial charge in [0.25, 0.3) is 0 Å². The van der Waals surface area contributed by atoms with E-state index < -0.39 is 0 Å². The van der Waals surface area contributed by atoms with Crippen LogP contribution in [0.2, 0.25) is 5.02 Å². The fraction of sp³-hybridized carbons (Fsp3) is 0.348. The first-order valence-corrected chi connectivity index (χ1v) is 11.0. The molecule has 4 rings (SSSR count). The minimum absolute atomic E-state index is 0.212. The first-order valence-electron chi connectivity index (χ1n) is 9.84. The van der Waals surface area contributed by atoms with Crippen molar-refractivity contribution in [3.63, 3.8) is 0 Å². The summed E-state index contributed by atoms with van der Waals surface area (Å²) >= 11 is 8.59. The molecule has 0 radical (unpaired) electrons. The van der Waals surface area contributed by atoms with Crippen LogP contribution >= 0.6 is 23.4 Å². The molecule has 0 spiro atoms. The van der Waals surface area contributed by atoms with Crippen molar-refractivity contribution in [2.45, 2.75) is 42.0 Å². The highest BCUT2D eigenvalue weighted by Gasteiger charge is 2.46. The summed E-state index contributed by atoms with van der Waals surface area (Å²) in [5.74, 6) is 0.204. The zero-order valence-corrected chi connectivity index (χ0v) is 17.6. The number of aryl methyl sites for hydroxylation is 1. The van der Waals surface area contributed by atoms with Crippen molar-refractivity contribution in [1.82, 2.24) is 4.98 Å². The van der Waals surface area contributed by atoms with Crippen LogP contribution in [0.4, 0.5) is 4.39 Å². The van der Waals surface area contributed by atoms with Gasteiger partial charge in [-0.2, -0.15) is 0 Å². The zero-order valence-electron chi connectivity index (χ0n) is 16.0. The molecule has 0 amide bonds. The SMILES string of the molecule is C[n+]1cc[nH]c1SC(c1ccc(F)cc1)(c1ccccc1Cl)C1CCCCC1. The fourth-order valence-electron chi connectivity index (χ4n) is 4.42. The second-order valence-electron chi connectivity index (χ2n) is 7.54. The maximum atomic E-state index is 13.8. The van der Waals surface area contributed by atoms with Crippen LogP contribution in [0.1, 0.15) is 43.2 Å². The topological polar surface area (TPSA) is 19.7 Å². The third-order valence-electron chi connectivity index (χ3n) is 5.81. The minimum atomic E-state index is -0.380. The number of nitrogens with zero attached hydrogens (tertiary/aromatic N) is 1. The molecule has 1 aromatic heterocycles. The molecule has 0 aliphatic heterocycles. The molecular formula is C23H25ClFN2S+. The third kappa shape index (κ3) is 3.60. The van der Waals surface area contributed by atoms with E-state index in [-0.39, 0.29) is 10.6 Å². The van der Waals surface area contributed by atoms with Gasteiger partial charge in [0, 0.05) is 5.02 Å². The highest BCUT2D eigenvalue weighted by molar-refractivity contribution is 8.00. The number of halogens is 2.